The number of methoxy groups -OCH3 is 1. The van der Waals surface area contributed by atoms with Gasteiger partial charge in [-0.25, -0.2) is 0 Å². The van der Waals surface area contributed by atoms with Crippen LogP contribution in [-0.2, 0) is 4.74 Å². The first-order valence-corrected chi connectivity index (χ1v) is 5.71. The summed E-state index contributed by atoms with van der Waals surface area (Å²) in [6, 6.07) is 3.57. The van der Waals surface area contributed by atoms with Crippen molar-refractivity contribution < 1.29 is 14.6 Å². The Balaban J connectivity index is 2.45. The van der Waals surface area contributed by atoms with Gasteiger partial charge in [0.2, 0.25) is 0 Å². The predicted molar refractivity (Wildman–Crippen MR) is 67.3 cm³/mol. The molecule has 2 rings (SSSR count). The first kappa shape index (κ1) is 12.0. The zero-order valence-corrected chi connectivity index (χ0v) is 10.7. The van der Waals surface area contributed by atoms with Gasteiger partial charge in [0.25, 0.3) is 0 Å². The second-order valence-electron chi connectivity index (χ2n) is 4.87. The minimum absolute atomic E-state index is 0.136. The summed E-state index contributed by atoms with van der Waals surface area (Å²) in [5.74, 6) is 0.922. The van der Waals surface area contributed by atoms with Gasteiger partial charge in [0.15, 0.2) is 0 Å². The van der Waals surface area contributed by atoms with Crippen molar-refractivity contribution in [3.8, 4) is 11.5 Å². The lowest BCUT2D eigenvalue weighted by molar-refractivity contribution is 0.116. The largest absolute Gasteiger partial charge is 0.507 e. The van der Waals surface area contributed by atoms with Gasteiger partial charge in [0, 0.05) is 24.3 Å². The predicted octanol–water partition coefficient (Wildman–Crippen LogP) is 3.28. The Morgan fingerprint density at radius 3 is 2.71 bits per heavy atom. The highest BCUT2D eigenvalue weighted by atomic mass is 16.5. The van der Waals surface area contributed by atoms with Gasteiger partial charge in [-0.3, -0.25) is 0 Å². The van der Waals surface area contributed by atoms with E-state index in [0.717, 1.165) is 11.1 Å². The van der Waals surface area contributed by atoms with Crippen molar-refractivity contribution in [1.29, 1.82) is 0 Å². The number of ether oxygens (including phenoxy) is 2. The molecular weight excluding hydrogens is 216 g/mol. The summed E-state index contributed by atoms with van der Waals surface area (Å²) in [7, 11) is 1.62. The highest BCUT2D eigenvalue weighted by Gasteiger charge is 2.23. The van der Waals surface area contributed by atoms with Gasteiger partial charge >= 0.3 is 0 Å². The van der Waals surface area contributed by atoms with Crippen LogP contribution < -0.4 is 4.74 Å². The van der Waals surface area contributed by atoms with Gasteiger partial charge in [-0.2, -0.15) is 0 Å². The number of aromatic hydroxyl groups is 1. The van der Waals surface area contributed by atoms with E-state index < -0.39 is 0 Å². The molecule has 0 saturated carbocycles. The molecule has 1 atom stereocenters. The molecule has 0 aliphatic carbocycles. The van der Waals surface area contributed by atoms with Crippen LogP contribution in [0, 0.1) is 0 Å². The monoisotopic (exact) mass is 234 g/mol. The van der Waals surface area contributed by atoms with Crippen LogP contribution in [0.25, 0.3) is 6.08 Å². The molecule has 1 aliphatic rings. The summed E-state index contributed by atoms with van der Waals surface area (Å²) in [6.45, 7) is 5.86. The SMILES string of the molecule is COC(C)c1cc2c(cc1O)OC(C)(C)C=C2. The Morgan fingerprint density at radius 1 is 1.35 bits per heavy atom. The fraction of sp³-hybridized carbons (Fsp3) is 0.429. The number of hydrogen-bond acceptors (Lipinski definition) is 3. The van der Waals surface area contributed by atoms with E-state index in [2.05, 4.69) is 0 Å². The highest BCUT2D eigenvalue weighted by molar-refractivity contribution is 5.64. The molecule has 1 unspecified atom stereocenters. The van der Waals surface area contributed by atoms with Crippen molar-refractivity contribution in [2.45, 2.75) is 32.5 Å². The molecule has 3 nitrogen and oxygen atoms in total. The highest BCUT2D eigenvalue weighted by Crippen LogP contribution is 2.38. The molecule has 0 aromatic heterocycles. The first-order chi connectivity index (χ1) is 7.93. The third kappa shape index (κ3) is 2.29. The first-order valence-electron chi connectivity index (χ1n) is 5.71. The summed E-state index contributed by atoms with van der Waals surface area (Å²) in [6.07, 6.45) is 3.89. The van der Waals surface area contributed by atoms with Crippen LogP contribution in [-0.4, -0.2) is 17.8 Å². The topological polar surface area (TPSA) is 38.7 Å². The normalized spacial score (nSPS) is 18.4. The fourth-order valence-corrected chi connectivity index (χ4v) is 1.88. The smallest absolute Gasteiger partial charge is 0.131 e. The molecule has 17 heavy (non-hydrogen) atoms. The average molecular weight is 234 g/mol. The van der Waals surface area contributed by atoms with Crippen LogP contribution in [0.15, 0.2) is 18.2 Å². The molecule has 0 radical (unpaired) electrons. The third-order valence-electron chi connectivity index (χ3n) is 2.99. The van der Waals surface area contributed by atoms with E-state index in [1.165, 1.54) is 0 Å². The molecule has 1 aromatic carbocycles. The molecule has 0 spiro atoms. The van der Waals surface area contributed by atoms with Crippen LogP contribution >= 0.6 is 0 Å². The van der Waals surface area contributed by atoms with Crippen molar-refractivity contribution in [2.75, 3.05) is 7.11 Å². The minimum atomic E-state index is -0.326. The van der Waals surface area contributed by atoms with Crippen molar-refractivity contribution in [2.24, 2.45) is 0 Å². The Bertz CT molecular complexity index is 461. The van der Waals surface area contributed by atoms with Crippen LogP contribution in [0.1, 0.15) is 38.0 Å². The van der Waals surface area contributed by atoms with Gasteiger partial charge in [-0.15, -0.1) is 0 Å². The van der Waals surface area contributed by atoms with Gasteiger partial charge < -0.3 is 14.6 Å². The van der Waals surface area contributed by atoms with E-state index in [9.17, 15) is 5.11 Å². The van der Waals surface area contributed by atoms with Crippen molar-refractivity contribution >= 4 is 6.08 Å². The van der Waals surface area contributed by atoms with Crippen molar-refractivity contribution in [3.05, 3.63) is 29.3 Å². The Labute approximate surface area is 102 Å². The number of hydrogen-bond donors (Lipinski definition) is 1. The van der Waals surface area contributed by atoms with E-state index in [1.54, 1.807) is 13.2 Å². The lowest BCUT2D eigenvalue weighted by Crippen LogP contribution is -2.27. The van der Waals surface area contributed by atoms with Crippen LogP contribution in [0.3, 0.4) is 0 Å². The number of phenols is 1. The molecular formula is C14H18O3. The van der Waals surface area contributed by atoms with Gasteiger partial charge in [0.1, 0.15) is 17.1 Å². The molecule has 0 fully saturated rings. The molecule has 0 saturated heterocycles. The maximum Gasteiger partial charge on any atom is 0.131 e. The second kappa shape index (κ2) is 4.08. The standard InChI is InChI=1S/C14H18O3/c1-9(16-4)11-7-10-5-6-14(2,3)17-13(10)8-12(11)15/h5-9,15H,1-4H3. The van der Waals surface area contributed by atoms with E-state index in [-0.39, 0.29) is 17.5 Å². The summed E-state index contributed by atoms with van der Waals surface area (Å²) in [4.78, 5) is 0. The van der Waals surface area contributed by atoms with Crippen LogP contribution in [0.5, 0.6) is 11.5 Å². The zero-order valence-electron chi connectivity index (χ0n) is 10.7. The quantitative estimate of drug-likeness (QED) is 0.853. The number of phenolic OH excluding ortho intramolecular Hbond substituents is 1. The Kier molecular flexibility index (Phi) is 2.87. The van der Waals surface area contributed by atoms with Crippen molar-refractivity contribution in [1.82, 2.24) is 0 Å². The summed E-state index contributed by atoms with van der Waals surface area (Å²) in [5.41, 5.74) is 1.42. The molecule has 1 heterocycles. The summed E-state index contributed by atoms with van der Waals surface area (Å²) in [5, 5.41) is 9.95. The second-order valence-corrected chi connectivity index (χ2v) is 4.87. The summed E-state index contributed by atoms with van der Waals surface area (Å²) >= 11 is 0. The lowest BCUT2D eigenvalue weighted by atomic mass is 9.99. The van der Waals surface area contributed by atoms with E-state index in [0.29, 0.717) is 5.75 Å². The molecule has 1 aliphatic heterocycles. The third-order valence-corrected chi connectivity index (χ3v) is 2.99. The van der Waals surface area contributed by atoms with Gasteiger partial charge in [-0.1, -0.05) is 6.08 Å². The Hall–Kier alpha value is -1.48. The maximum absolute atomic E-state index is 9.95. The molecule has 3 heteroatoms. The number of benzene rings is 1. The minimum Gasteiger partial charge on any atom is -0.507 e. The average Bonchev–Trinajstić information content (AvgIpc) is 2.26. The van der Waals surface area contributed by atoms with Gasteiger partial charge in [-0.05, 0) is 32.9 Å². The molecule has 1 aromatic rings. The van der Waals surface area contributed by atoms with E-state index in [4.69, 9.17) is 9.47 Å². The van der Waals surface area contributed by atoms with Gasteiger partial charge in [0.05, 0.1) is 6.10 Å². The fourth-order valence-electron chi connectivity index (χ4n) is 1.88. The van der Waals surface area contributed by atoms with E-state index >= 15 is 0 Å². The molecule has 0 amide bonds. The molecule has 0 bridgehead atoms. The Morgan fingerprint density at radius 2 is 2.06 bits per heavy atom. The van der Waals surface area contributed by atoms with Crippen molar-refractivity contribution in [3.63, 3.8) is 0 Å². The lowest BCUT2D eigenvalue weighted by Gasteiger charge is -2.28. The maximum atomic E-state index is 9.95. The van der Waals surface area contributed by atoms with Crippen LogP contribution in [0.2, 0.25) is 0 Å². The molecule has 92 valence electrons. The number of rotatable bonds is 2. The molecule has 1 N–H and O–H groups in total. The summed E-state index contributed by atoms with van der Waals surface area (Å²) < 4.78 is 11.0. The van der Waals surface area contributed by atoms with Crippen LogP contribution in [0.4, 0.5) is 0 Å². The van der Waals surface area contributed by atoms with E-state index in [1.807, 2.05) is 39.0 Å². The zero-order chi connectivity index (χ0) is 12.6. The number of fused-ring (bicyclic) bond motifs is 1.